The molecule has 0 saturated heterocycles. The first-order valence-electron chi connectivity index (χ1n) is 13.5. The number of aryl methyl sites for hydroxylation is 1. The van der Waals surface area contributed by atoms with Crippen LogP contribution in [0.2, 0.25) is 5.02 Å². The number of rotatable bonds is 5. The fraction of sp³-hybridized carbons (Fsp3) is 0.121. The standard InChI is InChI=1S/C33H27ClN6O2/c1-20-28-29(24-12-9-15-27(41-2)30(24)42-3)39-26-14-8-7-13-25(26)36-31(35-22-18-16-21(34)17-19-22)33(39)37-32(28)40(38-20)23-10-5-4-6-11-23/h4-19,29H,1-3H3,(H,35,36). The van der Waals surface area contributed by atoms with Crippen LogP contribution in [0, 0.1) is 6.92 Å². The van der Waals surface area contributed by atoms with Crippen LogP contribution in [0.5, 0.6) is 11.5 Å². The lowest BCUT2D eigenvalue weighted by atomic mass is 9.92. The summed E-state index contributed by atoms with van der Waals surface area (Å²) in [7, 11) is 3.32. The van der Waals surface area contributed by atoms with E-state index in [1.54, 1.807) is 14.2 Å². The average Bonchev–Trinajstić information content (AvgIpc) is 3.37. The molecule has 0 fully saturated rings. The molecule has 0 spiro atoms. The van der Waals surface area contributed by atoms with Gasteiger partial charge in [-0.25, -0.2) is 14.7 Å². The van der Waals surface area contributed by atoms with Gasteiger partial charge in [0.05, 0.1) is 43.0 Å². The zero-order valence-corrected chi connectivity index (χ0v) is 24.0. The Balaban J connectivity index is 1.52. The highest BCUT2D eigenvalue weighted by atomic mass is 35.5. The van der Waals surface area contributed by atoms with Crippen molar-refractivity contribution in [2.45, 2.75) is 13.0 Å². The highest BCUT2D eigenvalue weighted by Crippen LogP contribution is 2.51. The third-order valence-electron chi connectivity index (χ3n) is 7.47. The molecule has 3 heterocycles. The highest BCUT2D eigenvalue weighted by molar-refractivity contribution is 6.51. The van der Waals surface area contributed by atoms with Gasteiger partial charge in [0.25, 0.3) is 0 Å². The quantitative estimate of drug-likeness (QED) is 0.233. The number of amidine groups is 2. The van der Waals surface area contributed by atoms with Crippen molar-refractivity contribution in [1.82, 2.24) is 9.78 Å². The number of ether oxygens (including phenoxy) is 2. The van der Waals surface area contributed by atoms with Crippen molar-refractivity contribution in [3.05, 3.63) is 119 Å². The summed E-state index contributed by atoms with van der Waals surface area (Å²) >= 11 is 6.18. The Kier molecular flexibility index (Phi) is 6.40. The zero-order chi connectivity index (χ0) is 28.8. The summed E-state index contributed by atoms with van der Waals surface area (Å²) in [6, 6.07) is 31.2. The second-order valence-corrected chi connectivity index (χ2v) is 10.4. The number of hydrogen-bond acceptors (Lipinski definition) is 7. The van der Waals surface area contributed by atoms with Crippen LogP contribution in [-0.4, -0.2) is 35.7 Å². The van der Waals surface area contributed by atoms with Gasteiger partial charge in [0.2, 0.25) is 0 Å². The lowest BCUT2D eigenvalue weighted by molar-refractivity contribution is 0.350. The van der Waals surface area contributed by atoms with Crippen LogP contribution < -0.4 is 19.7 Å². The second kappa shape index (κ2) is 10.4. The number of methoxy groups -OCH3 is 2. The van der Waals surface area contributed by atoms with Gasteiger partial charge in [-0.1, -0.05) is 54.1 Å². The summed E-state index contributed by atoms with van der Waals surface area (Å²) in [6.07, 6.45) is 0. The number of nitrogens with zero attached hydrogens (tertiary/aromatic N) is 5. The Bertz CT molecular complexity index is 1860. The van der Waals surface area contributed by atoms with Crippen LogP contribution in [0.3, 0.4) is 0 Å². The third kappa shape index (κ3) is 4.19. The number of para-hydroxylation sites is 4. The molecule has 208 valence electrons. The zero-order valence-electron chi connectivity index (χ0n) is 23.2. The Morgan fingerprint density at radius 1 is 0.810 bits per heavy atom. The average molecular weight is 575 g/mol. The summed E-state index contributed by atoms with van der Waals surface area (Å²) < 4.78 is 13.6. The number of fused-ring (bicyclic) bond motifs is 4. The number of aliphatic imine (C=N–C) groups is 2. The van der Waals surface area contributed by atoms with Crippen molar-refractivity contribution < 1.29 is 9.47 Å². The predicted octanol–water partition coefficient (Wildman–Crippen LogP) is 7.65. The van der Waals surface area contributed by atoms with Crippen LogP contribution in [0.4, 0.5) is 22.9 Å². The molecular weight excluding hydrogens is 548 g/mol. The molecule has 9 heteroatoms. The molecule has 5 aromatic rings. The molecular formula is C33H27ClN6O2. The van der Waals surface area contributed by atoms with E-state index >= 15 is 0 Å². The summed E-state index contributed by atoms with van der Waals surface area (Å²) in [5.74, 6) is 3.28. The molecule has 1 N–H and O–H groups in total. The Morgan fingerprint density at radius 3 is 2.33 bits per heavy atom. The first kappa shape index (κ1) is 25.9. The van der Waals surface area contributed by atoms with E-state index in [9.17, 15) is 0 Å². The van der Waals surface area contributed by atoms with Crippen molar-refractivity contribution in [2.75, 3.05) is 24.4 Å². The Morgan fingerprint density at radius 2 is 1.57 bits per heavy atom. The van der Waals surface area contributed by atoms with Gasteiger partial charge >= 0.3 is 0 Å². The lowest BCUT2D eigenvalue weighted by Gasteiger charge is -2.41. The molecule has 1 aromatic heterocycles. The largest absolute Gasteiger partial charge is 0.493 e. The Labute approximate surface area is 248 Å². The van der Waals surface area contributed by atoms with Crippen LogP contribution in [0.25, 0.3) is 5.69 Å². The molecule has 0 amide bonds. The van der Waals surface area contributed by atoms with Crippen LogP contribution in [0.15, 0.2) is 107 Å². The van der Waals surface area contributed by atoms with Crippen LogP contribution in [-0.2, 0) is 0 Å². The molecule has 2 aliphatic rings. The van der Waals surface area contributed by atoms with Crippen molar-refractivity contribution in [3.8, 4) is 17.2 Å². The van der Waals surface area contributed by atoms with E-state index < -0.39 is 0 Å². The monoisotopic (exact) mass is 574 g/mol. The third-order valence-corrected chi connectivity index (χ3v) is 7.73. The topological polar surface area (TPSA) is 76.3 Å². The molecule has 0 bridgehead atoms. The first-order valence-corrected chi connectivity index (χ1v) is 13.9. The highest BCUT2D eigenvalue weighted by Gasteiger charge is 2.42. The van der Waals surface area contributed by atoms with Gasteiger partial charge in [-0.15, -0.1) is 0 Å². The van der Waals surface area contributed by atoms with Gasteiger partial charge < -0.3 is 19.7 Å². The van der Waals surface area contributed by atoms with E-state index in [1.165, 1.54) is 0 Å². The number of halogens is 1. The second-order valence-electron chi connectivity index (χ2n) is 9.94. The van der Waals surface area contributed by atoms with Gasteiger partial charge in [0.1, 0.15) is 0 Å². The maximum absolute atomic E-state index is 6.18. The van der Waals surface area contributed by atoms with Gasteiger partial charge in [0, 0.05) is 21.8 Å². The molecule has 0 radical (unpaired) electrons. The van der Waals surface area contributed by atoms with Gasteiger partial charge in [-0.3, -0.25) is 0 Å². The summed E-state index contributed by atoms with van der Waals surface area (Å²) in [6.45, 7) is 2.02. The van der Waals surface area contributed by atoms with Crippen LogP contribution in [0.1, 0.15) is 22.9 Å². The molecule has 0 saturated carbocycles. The van der Waals surface area contributed by atoms with Crippen molar-refractivity contribution in [2.24, 2.45) is 9.98 Å². The maximum Gasteiger partial charge on any atom is 0.179 e. The summed E-state index contributed by atoms with van der Waals surface area (Å²) in [5, 5.41) is 9.16. The van der Waals surface area contributed by atoms with Crippen molar-refractivity contribution >= 4 is 46.2 Å². The number of benzene rings is 4. The molecule has 1 unspecified atom stereocenters. The van der Waals surface area contributed by atoms with E-state index in [0.29, 0.717) is 28.2 Å². The van der Waals surface area contributed by atoms with E-state index in [2.05, 4.69) is 22.3 Å². The smallest absolute Gasteiger partial charge is 0.179 e. The molecule has 2 aliphatic heterocycles. The van der Waals surface area contributed by atoms with Gasteiger partial charge in [0.15, 0.2) is 29.0 Å². The lowest BCUT2D eigenvalue weighted by Crippen LogP contribution is -2.46. The van der Waals surface area contributed by atoms with Crippen LogP contribution >= 0.6 is 11.6 Å². The number of anilines is 2. The molecule has 4 aromatic carbocycles. The fourth-order valence-electron chi connectivity index (χ4n) is 5.64. The number of aromatic nitrogens is 2. The van der Waals surface area contributed by atoms with Crippen molar-refractivity contribution in [3.63, 3.8) is 0 Å². The first-order chi connectivity index (χ1) is 20.6. The minimum atomic E-state index is -0.353. The molecule has 1 atom stereocenters. The number of nitrogens with one attached hydrogen (secondary N) is 1. The maximum atomic E-state index is 6.18. The SMILES string of the molecule is COc1cccc(C2c3c(C)nn(-c4ccccc4)c3N=C3C(Nc4ccc(Cl)cc4)=Nc4ccccc4N32)c1OC. The van der Waals surface area contributed by atoms with E-state index in [1.807, 2.05) is 96.5 Å². The fourth-order valence-corrected chi connectivity index (χ4v) is 5.76. The normalized spacial score (nSPS) is 15.1. The molecule has 8 nitrogen and oxygen atoms in total. The van der Waals surface area contributed by atoms with E-state index in [-0.39, 0.29) is 6.04 Å². The number of hydrogen-bond donors (Lipinski definition) is 1. The minimum Gasteiger partial charge on any atom is -0.493 e. The van der Waals surface area contributed by atoms with E-state index in [4.69, 9.17) is 36.2 Å². The molecule has 7 rings (SSSR count). The summed E-state index contributed by atoms with van der Waals surface area (Å²) in [4.78, 5) is 12.5. The minimum absolute atomic E-state index is 0.353. The predicted molar refractivity (Wildman–Crippen MR) is 168 cm³/mol. The van der Waals surface area contributed by atoms with Gasteiger partial charge in [-0.05, 0) is 61.5 Å². The van der Waals surface area contributed by atoms with Crippen molar-refractivity contribution in [1.29, 1.82) is 0 Å². The molecule has 42 heavy (non-hydrogen) atoms. The van der Waals surface area contributed by atoms with Gasteiger partial charge in [-0.2, -0.15) is 5.10 Å². The summed E-state index contributed by atoms with van der Waals surface area (Å²) in [5.41, 5.74) is 6.24. The van der Waals surface area contributed by atoms with E-state index in [0.717, 1.165) is 45.4 Å². The Hall–Kier alpha value is -5.08. The molecule has 0 aliphatic carbocycles.